The van der Waals surface area contributed by atoms with E-state index in [1.54, 1.807) is 4.90 Å². The summed E-state index contributed by atoms with van der Waals surface area (Å²) in [5.74, 6) is -0.101. The van der Waals surface area contributed by atoms with Crippen LogP contribution in [0.5, 0.6) is 0 Å². The molecule has 1 fully saturated rings. The zero-order valence-electron chi connectivity index (χ0n) is 11.7. The van der Waals surface area contributed by atoms with Crippen molar-refractivity contribution in [2.45, 2.75) is 26.7 Å². The number of aromatic nitrogens is 2. The Morgan fingerprint density at radius 2 is 2.20 bits per heavy atom. The first-order valence-electron chi connectivity index (χ1n) is 6.55. The van der Waals surface area contributed by atoms with Gasteiger partial charge in [-0.1, -0.05) is 0 Å². The van der Waals surface area contributed by atoms with Crippen molar-refractivity contribution in [2.75, 3.05) is 18.8 Å². The highest BCUT2D eigenvalue weighted by molar-refractivity contribution is 7.89. The first-order valence-corrected chi connectivity index (χ1v) is 8.26. The molecule has 1 amide bonds. The molecule has 1 aliphatic rings. The Kier molecular flexibility index (Phi) is 4.14. The van der Waals surface area contributed by atoms with Crippen molar-refractivity contribution >= 4 is 15.9 Å². The van der Waals surface area contributed by atoms with E-state index < -0.39 is 10.0 Å². The van der Waals surface area contributed by atoms with Crippen molar-refractivity contribution in [3.8, 4) is 0 Å². The maximum atomic E-state index is 12.2. The fourth-order valence-corrected chi connectivity index (χ4v) is 3.55. The molecule has 0 aliphatic carbocycles. The highest BCUT2D eigenvalue weighted by Crippen LogP contribution is 2.19. The molecule has 3 N–H and O–H groups in total. The van der Waals surface area contributed by atoms with E-state index in [1.165, 1.54) is 0 Å². The van der Waals surface area contributed by atoms with E-state index in [-0.39, 0.29) is 17.6 Å². The second-order valence-electron chi connectivity index (χ2n) is 5.41. The Morgan fingerprint density at radius 3 is 2.75 bits per heavy atom. The van der Waals surface area contributed by atoms with Gasteiger partial charge < -0.3 is 4.90 Å². The molecule has 2 rings (SSSR count). The molecule has 0 radical (unpaired) electrons. The van der Waals surface area contributed by atoms with Gasteiger partial charge in [-0.3, -0.25) is 9.89 Å². The van der Waals surface area contributed by atoms with Gasteiger partial charge in [0.1, 0.15) is 0 Å². The minimum Gasteiger partial charge on any atom is -0.342 e. The molecule has 0 spiro atoms. The number of hydrogen-bond acceptors (Lipinski definition) is 4. The van der Waals surface area contributed by atoms with Gasteiger partial charge in [0, 0.05) is 24.3 Å². The average Bonchev–Trinajstić information content (AvgIpc) is 2.88. The molecule has 0 aromatic carbocycles. The molecular formula is C12H20N4O3S. The van der Waals surface area contributed by atoms with Gasteiger partial charge in [0.25, 0.3) is 0 Å². The minimum absolute atomic E-state index is 0.00881. The molecular weight excluding hydrogens is 280 g/mol. The molecule has 0 bridgehead atoms. The summed E-state index contributed by atoms with van der Waals surface area (Å²) in [6, 6.07) is 0. The Bertz CT molecular complexity index is 589. The number of carbonyl (C=O) groups excluding carboxylic acids is 1. The summed E-state index contributed by atoms with van der Waals surface area (Å²) in [4.78, 5) is 13.9. The van der Waals surface area contributed by atoms with Crippen LogP contribution in [0.2, 0.25) is 0 Å². The fraction of sp³-hybridized carbons (Fsp3) is 0.667. The van der Waals surface area contributed by atoms with E-state index >= 15 is 0 Å². The van der Waals surface area contributed by atoms with Gasteiger partial charge in [0.15, 0.2) is 0 Å². The number of likely N-dealkylation sites (tertiary alicyclic amines) is 1. The fourth-order valence-electron chi connectivity index (χ4n) is 2.62. The van der Waals surface area contributed by atoms with Crippen LogP contribution in [0.3, 0.4) is 0 Å². The number of aryl methyl sites for hydroxylation is 2. The van der Waals surface area contributed by atoms with E-state index in [9.17, 15) is 13.2 Å². The lowest BCUT2D eigenvalue weighted by Gasteiger charge is -2.16. The highest BCUT2D eigenvalue weighted by Gasteiger charge is 2.29. The first kappa shape index (κ1) is 15.0. The number of hydrogen-bond donors (Lipinski definition) is 2. The number of carbonyl (C=O) groups is 1. The largest absolute Gasteiger partial charge is 0.342 e. The van der Waals surface area contributed by atoms with E-state index in [0.717, 1.165) is 17.0 Å². The summed E-state index contributed by atoms with van der Waals surface area (Å²) in [6.07, 6.45) is 0.988. The van der Waals surface area contributed by atoms with Crippen LogP contribution in [0, 0.1) is 19.8 Å². The molecule has 1 atom stereocenters. The number of nitrogens with two attached hydrogens (primary N) is 1. The SMILES string of the molecule is Cc1n[nH]c(C)c1CC(=O)N1CC[C@@H](CS(N)(=O)=O)C1. The lowest BCUT2D eigenvalue weighted by Crippen LogP contribution is -2.32. The van der Waals surface area contributed by atoms with Crippen LogP contribution in [-0.4, -0.2) is 48.3 Å². The number of primary sulfonamides is 1. The van der Waals surface area contributed by atoms with Crippen molar-refractivity contribution in [1.82, 2.24) is 15.1 Å². The third-order valence-electron chi connectivity index (χ3n) is 3.72. The van der Waals surface area contributed by atoms with Crippen molar-refractivity contribution in [2.24, 2.45) is 11.1 Å². The second kappa shape index (κ2) is 5.53. The van der Waals surface area contributed by atoms with Gasteiger partial charge in [-0.15, -0.1) is 0 Å². The van der Waals surface area contributed by atoms with Crippen molar-refractivity contribution in [3.63, 3.8) is 0 Å². The molecule has 7 nitrogen and oxygen atoms in total. The van der Waals surface area contributed by atoms with Gasteiger partial charge in [-0.05, 0) is 26.2 Å². The van der Waals surface area contributed by atoms with E-state index in [4.69, 9.17) is 5.14 Å². The lowest BCUT2D eigenvalue weighted by molar-refractivity contribution is -0.129. The number of sulfonamides is 1. The van der Waals surface area contributed by atoms with Crippen LogP contribution in [0.15, 0.2) is 0 Å². The third kappa shape index (κ3) is 3.57. The molecule has 1 aliphatic heterocycles. The van der Waals surface area contributed by atoms with Gasteiger partial charge in [-0.25, -0.2) is 13.6 Å². The highest BCUT2D eigenvalue weighted by atomic mass is 32.2. The van der Waals surface area contributed by atoms with Crippen molar-refractivity contribution in [3.05, 3.63) is 17.0 Å². The molecule has 1 aromatic rings. The summed E-state index contributed by atoms with van der Waals surface area (Å²) >= 11 is 0. The number of aromatic amines is 1. The molecule has 112 valence electrons. The standard InChI is InChI=1S/C12H20N4O3S/c1-8-11(9(2)15-14-8)5-12(17)16-4-3-10(6-16)7-20(13,18)19/h10H,3-7H2,1-2H3,(H,14,15)(H2,13,18,19)/t10-/m1/s1. The van der Waals surface area contributed by atoms with Gasteiger partial charge in [0.2, 0.25) is 15.9 Å². The Balaban J connectivity index is 1.95. The topological polar surface area (TPSA) is 109 Å². The van der Waals surface area contributed by atoms with Crippen LogP contribution in [-0.2, 0) is 21.2 Å². The van der Waals surface area contributed by atoms with Crippen molar-refractivity contribution in [1.29, 1.82) is 0 Å². The summed E-state index contributed by atoms with van der Waals surface area (Å²) in [6.45, 7) is 4.80. The number of nitrogens with one attached hydrogen (secondary N) is 1. The molecule has 1 saturated heterocycles. The Morgan fingerprint density at radius 1 is 1.50 bits per heavy atom. The van der Waals surface area contributed by atoms with E-state index in [0.29, 0.717) is 25.9 Å². The molecule has 0 unspecified atom stereocenters. The molecule has 0 saturated carbocycles. The van der Waals surface area contributed by atoms with Crippen LogP contribution < -0.4 is 5.14 Å². The number of rotatable bonds is 4. The number of amides is 1. The van der Waals surface area contributed by atoms with Gasteiger partial charge in [0.05, 0.1) is 17.9 Å². The summed E-state index contributed by atoms with van der Waals surface area (Å²) < 4.78 is 22.1. The minimum atomic E-state index is -3.47. The maximum Gasteiger partial charge on any atom is 0.227 e. The quantitative estimate of drug-likeness (QED) is 0.796. The molecule has 20 heavy (non-hydrogen) atoms. The Hall–Kier alpha value is -1.41. The summed E-state index contributed by atoms with van der Waals surface area (Å²) in [7, 11) is -3.47. The summed E-state index contributed by atoms with van der Waals surface area (Å²) in [5.41, 5.74) is 2.65. The van der Waals surface area contributed by atoms with E-state index in [2.05, 4.69) is 10.2 Å². The van der Waals surface area contributed by atoms with E-state index in [1.807, 2.05) is 13.8 Å². The van der Waals surface area contributed by atoms with Crippen LogP contribution in [0.25, 0.3) is 0 Å². The second-order valence-corrected chi connectivity index (χ2v) is 7.07. The maximum absolute atomic E-state index is 12.2. The van der Waals surface area contributed by atoms with Crippen LogP contribution >= 0.6 is 0 Å². The van der Waals surface area contributed by atoms with Gasteiger partial charge in [-0.2, -0.15) is 5.10 Å². The monoisotopic (exact) mass is 300 g/mol. The average molecular weight is 300 g/mol. The zero-order chi connectivity index (χ0) is 14.9. The van der Waals surface area contributed by atoms with Crippen molar-refractivity contribution < 1.29 is 13.2 Å². The summed E-state index contributed by atoms with van der Waals surface area (Å²) in [5, 5.41) is 12.0. The smallest absolute Gasteiger partial charge is 0.227 e. The lowest BCUT2D eigenvalue weighted by atomic mass is 10.1. The van der Waals surface area contributed by atoms with Gasteiger partial charge >= 0.3 is 0 Å². The molecule has 2 heterocycles. The number of H-pyrrole nitrogens is 1. The normalized spacial score (nSPS) is 19.6. The predicted molar refractivity (Wildman–Crippen MR) is 74.4 cm³/mol. The third-order valence-corrected chi connectivity index (χ3v) is 4.65. The first-order chi connectivity index (χ1) is 9.26. The number of nitrogens with zero attached hydrogens (tertiary/aromatic N) is 2. The van der Waals surface area contributed by atoms with Crippen LogP contribution in [0.4, 0.5) is 0 Å². The molecule has 1 aromatic heterocycles. The predicted octanol–water partition coefficient (Wildman–Crippen LogP) is -0.294. The molecule has 8 heteroatoms. The van der Waals surface area contributed by atoms with Crippen LogP contribution in [0.1, 0.15) is 23.4 Å². The Labute approximate surface area is 118 Å². The zero-order valence-corrected chi connectivity index (χ0v) is 12.5.